The largest absolute Gasteiger partial charge is 0.493 e. The molecule has 2 aromatic carbocycles. The highest BCUT2D eigenvalue weighted by Gasteiger charge is 2.08. The summed E-state index contributed by atoms with van der Waals surface area (Å²) in [5.74, 6) is 0.456. The number of H-pyrrole nitrogens is 1. The molecule has 0 saturated carbocycles. The highest BCUT2D eigenvalue weighted by molar-refractivity contribution is 5.85. The lowest BCUT2D eigenvalue weighted by atomic mass is 10.2. The fourth-order valence-corrected chi connectivity index (χ4v) is 3.30. The highest BCUT2D eigenvalue weighted by Crippen LogP contribution is 2.16. The van der Waals surface area contributed by atoms with Crippen LogP contribution in [0.1, 0.15) is 56.7 Å². The molecule has 0 aliphatic heterocycles. The number of fused-ring (bicyclic) bond motifs is 1. The van der Waals surface area contributed by atoms with Crippen molar-refractivity contribution in [1.82, 2.24) is 15.4 Å². The lowest BCUT2D eigenvalue weighted by Crippen LogP contribution is -2.21. The number of hydrogen-bond donors (Lipinski definition) is 2. The number of nitrogens with zero attached hydrogens (tertiary/aromatic N) is 2. The zero-order chi connectivity index (χ0) is 22.6. The molecule has 3 aromatic rings. The van der Waals surface area contributed by atoms with Crippen LogP contribution in [0.25, 0.3) is 11.0 Å². The van der Waals surface area contributed by atoms with Crippen LogP contribution in [0.4, 0.5) is 0 Å². The molecule has 32 heavy (non-hydrogen) atoms. The third-order valence-electron chi connectivity index (χ3n) is 5.08. The molecule has 0 fully saturated rings. The third-order valence-corrected chi connectivity index (χ3v) is 5.08. The molecular formula is C25H30N4O3. The molecule has 0 spiro atoms. The Morgan fingerprint density at radius 3 is 2.75 bits per heavy atom. The van der Waals surface area contributed by atoms with E-state index in [0.717, 1.165) is 24.2 Å². The predicted octanol–water partition coefficient (Wildman–Crippen LogP) is 4.36. The summed E-state index contributed by atoms with van der Waals surface area (Å²) in [6, 6.07) is 14.9. The second kappa shape index (κ2) is 12.4. The van der Waals surface area contributed by atoms with Crippen molar-refractivity contribution in [2.75, 3.05) is 6.61 Å². The van der Waals surface area contributed by atoms with Gasteiger partial charge in [-0.2, -0.15) is 5.10 Å². The highest BCUT2D eigenvalue weighted by atomic mass is 16.5. The van der Waals surface area contributed by atoms with Crippen LogP contribution >= 0.6 is 0 Å². The normalized spacial score (nSPS) is 11.2. The average molecular weight is 435 g/mol. The van der Waals surface area contributed by atoms with Gasteiger partial charge >= 0.3 is 0 Å². The van der Waals surface area contributed by atoms with Gasteiger partial charge < -0.3 is 9.72 Å². The van der Waals surface area contributed by atoms with Crippen LogP contribution in [0, 0.1) is 0 Å². The first-order chi connectivity index (χ1) is 15.7. The molecule has 1 amide bonds. The summed E-state index contributed by atoms with van der Waals surface area (Å²) in [5, 5.41) is 4.04. The van der Waals surface area contributed by atoms with Crippen LogP contribution in [0.5, 0.6) is 5.75 Å². The number of nitrogens with one attached hydrogen (secondary N) is 2. The first kappa shape index (κ1) is 23.2. The number of hydrazone groups is 1. The van der Waals surface area contributed by atoms with E-state index in [-0.39, 0.29) is 24.3 Å². The Balaban J connectivity index is 1.48. The van der Waals surface area contributed by atoms with Gasteiger partial charge in [0, 0.05) is 18.4 Å². The minimum absolute atomic E-state index is 0.113. The van der Waals surface area contributed by atoms with Crippen LogP contribution in [0.3, 0.4) is 0 Å². The summed E-state index contributed by atoms with van der Waals surface area (Å²) in [5.41, 5.74) is 4.74. The molecule has 3 rings (SSSR count). The van der Waals surface area contributed by atoms with Crippen molar-refractivity contribution < 1.29 is 9.53 Å². The Labute approximate surface area is 187 Å². The van der Waals surface area contributed by atoms with Crippen molar-refractivity contribution in [2.24, 2.45) is 5.10 Å². The standard InChI is InChI=1S/C25H30N4O3/c1-2-3-4-5-10-17-32-23-14-9-6-11-19(23)18-26-29-24(30)16-15-22-25(31)28-21-13-8-7-12-20(21)27-22/h6-9,11-14,18H,2-5,10,15-17H2,1H3,(H,28,31)(H,29,30)/b26-18-. The predicted molar refractivity (Wildman–Crippen MR) is 127 cm³/mol. The van der Waals surface area contributed by atoms with Crippen molar-refractivity contribution in [3.05, 3.63) is 70.1 Å². The number of para-hydroxylation sites is 3. The maximum atomic E-state index is 12.2. The fraction of sp³-hybridized carbons (Fsp3) is 0.360. The van der Waals surface area contributed by atoms with Gasteiger partial charge in [0.1, 0.15) is 11.4 Å². The van der Waals surface area contributed by atoms with Gasteiger partial charge in [0.25, 0.3) is 5.56 Å². The number of benzene rings is 2. The van der Waals surface area contributed by atoms with Crippen molar-refractivity contribution >= 4 is 23.2 Å². The number of aromatic amines is 1. The molecule has 7 heteroatoms. The zero-order valence-electron chi connectivity index (χ0n) is 18.5. The SMILES string of the molecule is CCCCCCCOc1ccccc1/C=N\NC(=O)CCc1nc2ccccc2[nH]c1=O. The molecule has 0 bridgehead atoms. The maximum Gasteiger partial charge on any atom is 0.270 e. The molecule has 168 valence electrons. The minimum Gasteiger partial charge on any atom is -0.493 e. The number of aromatic nitrogens is 2. The number of hydrogen-bond acceptors (Lipinski definition) is 5. The molecule has 0 atom stereocenters. The van der Waals surface area contributed by atoms with Gasteiger partial charge in [0.2, 0.25) is 5.91 Å². The number of carbonyl (C=O) groups excluding carboxylic acids is 1. The first-order valence-corrected chi connectivity index (χ1v) is 11.2. The zero-order valence-corrected chi connectivity index (χ0v) is 18.5. The van der Waals surface area contributed by atoms with Gasteiger partial charge in [0.15, 0.2) is 0 Å². The van der Waals surface area contributed by atoms with E-state index in [2.05, 4.69) is 27.4 Å². The van der Waals surface area contributed by atoms with Gasteiger partial charge in [-0.05, 0) is 30.7 Å². The number of unbranched alkanes of at least 4 members (excludes halogenated alkanes) is 4. The lowest BCUT2D eigenvalue weighted by Gasteiger charge is -2.08. The topological polar surface area (TPSA) is 96.4 Å². The smallest absolute Gasteiger partial charge is 0.270 e. The monoisotopic (exact) mass is 434 g/mol. The lowest BCUT2D eigenvalue weighted by molar-refractivity contribution is -0.121. The Morgan fingerprint density at radius 1 is 1.09 bits per heavy atom. The Bertz CT molecular complexity index is 1110. The molecular weight excluding hydrogens is 404 g/mol. The number of carbonyl (C=O) groups is 1. The van der Waals surface area contributed by atoms with Crippen molar-refractivity contribution in [2.45, 2.75) is 51.9 Å². The molecule has 1 heterocycles. The molecule has 1 aromatic heterocycles. The molecule has 7 nitrogen and oxygen atoms in total. The summed E-state index contributed by atoms with van der Waals surface area (Å²) in [6.07, 6.45) is 7.82. The Hall–Kier alpha value is -3.48. The summed E-state index contributed by atoms with van der Waals surface area (Å²) >= 11 is 0. The summed E-state index contributed by atoms with van der Waals surface area (Å²) in [6.45, 7) is 2.86. The van der Waals surface area contributed by atoms with Crippen molar-refractivity contribution in [3.63, 3.8) is 0 Å². The van der Waals surface area contributed by atoms with E-state index in [9.17, 15) is 9.59 Å². The number of amides is 1. The van der Waals surface area contributed by atoms with Gasteiger partial charge in [0.05, 0.1) is 23.9 Å². The van der Waals surface area contributed by atoms with E-state index in [4.69, 9.17) is 4.74 Å². The molecule has 0 aliphatic carbocycles. The third kappa shape index (κ3) is 7.04. The second-order valence-corrected chi connectivity index (χ2v) is 7.62. The molecule has 0 aliphatic rings. The van der Waals surface area contributed by atoms with E-state index >= 15 is 0 Å². The maximum absolute atomic E-state index is 12.2. The Morgan fingerprint density at radius 2 is 1.88 bits per heavy atom. The Kier molecular flexibility index (Phi) is 8.98. The first-order valence-electron chi connectivity index (χ1n) is 11.2. The summed E-state index contributed by atoms with van der Waals surface area (Å²) in [4.78, 5) is 31.5. The van der Waals surface area contributed by atoms with Crippen molar-refractivity contribution in [3.8, 4) is 5.75 Å². The van der Waals surface area contributed by atoms with E-state index < -0.39 is 0 Å². The molecule has 0 radical (unpaired) electrons. The van der Waals surface area contributed by atoms with Crippen LogP contribution < -0.4 is 15.7 Å². The average Bonchev–Trinajstić information content (AvgIpc) is 2.81. The minimum atomic E-state index is -0.287. The molecule has 0 unspecified atom stereocenters. The van der Waals surface area contributed by atoms with Crippen molar-refractivity contribution in [1.29, 1.82) is 0 Å². The van der Waals surface area contributed by atoms with Crippen LogP contribution in [-0.2, 0) is 11.2 Å². The fourth-order valence-electron chi connectivity index (χ4n) is 3.30. The van der Waals surface area contributed by atoms with Crippen LogP contribution in [-0.4, -0.2) is 28.7 Å². The number of aryl methyl sites for hydroxylation is 1. The van der Waals surface area contributed by atoms with Gasteiger partial charge in [-0.1, -0.05) is 56.9 Å². The van der Waals surface area contributed by atoms with Crippen LogP contribution in [0.15, 0.2) is 58.4 Å². The van der Waals surface area contributed by atoms with E-state index in [1.165, 1.54) is 19.3 Å². The number of ether oxygens (including phenoxy) is 1. The molecule has 2 N–H and O–H groups in total. The van der Waals surface area contributed by atoms with E-state index in [1.807, 2.05) is 42.5 Å². The number of rotatable bonds is 12. The van der Waals surface area contributed by atoms with Gasteiger partial charge in [-0.15, -0.1) is 0 Å². The molecule has 0 saturated heterocycles. The quantitative estimate of drug-likeness (QED) is 0.252. The second-order valence-electron chi connectivity index (χ2n) is 7.62. The summed E-state index contributed by atoms with van der Waals surface area (Å²) in [7, 11) is 0. The summed E-state index contributed by atoms with van der Waals surface area (Å²) < 4.78 is 5.88. The van der Waals surface area contributed by atoms with Gasteiger partial charge in [-0.25, -0.2) is 10.4 Å². The van der Waals surface area contributed by atoms with E-state index in [1.54, 1.807) is 12.3 Å². The van der Waals surface area contributed by atoms with E-state index in [0.29, 0.717) is 23.3 Å². The van der Waals surface area contributed by atoms with Crippen LogP contribution in [0.2, 0.25) is 0 Å². The van der Waals surface area contributed by atoms with Gasteiger partial charge in [-0.3, -0.25) is 9.59 Å².